The van der Waals surface area contributed by atoms with Gasteiger partial charge in [-0.05, 0) is 37.5 Å². The van der Waals surface area contributed by atoms with Gasteiger partial charge >= 0.3 is 0 Å². The molecule has 0 spiro atoms. The van der Waals surface area contributed by atoms with E-state index in [1.54, 1.807) is 23.6 Å². The first-order valence-corrected chi connectivity index (χ1v) is 11.3. The van der Waals surface area contributed by atoms with Crippen molar-refractivity contribution in [3.8, 4) is 11.5 Å². The van der Waals surface area contributed by atoms with Crippen LogP contribution < -0.4 is 20.3 Å². The van der Waals surface area contributed by atoms with Gasteiger partial charge in [-0.25, -0.2) is 20.4 Å². The zero-order valence-electron chi connectivity index (χ0n) is 18.1. The third kappa shape index (κ3) is 4.73. The van der Waals surface area contributed by atoms with Crippen LogP contribution in [0.25, 0.3) is 11.2 Å². The van der Waals surface area contributed by atoms with Gasteiger partial charge in [0.25, 0.3) is 0 Å². The predicted molar refractivity (Wildman–Crippen MR) is 119 cm³/mol. The second kappa shape index (κ2) is 10.0. The number of unbranched alkanes of at least 4 members (excludes halogenated alkanes) is 3. The Morgan fingerprint density at radius 3 is 2.75 bits per heavy atom. The van der Waals surface area contributed by atoms with Crippen LogP contribution in [-0.4, -0.2) is 44.5 Å². The summed E-state index contributed by atoms with van der Waals surface area (Å²) in [7, 11) is 1.82. The van der Waals surface area contributed by atoms with Crippen LogP contribution in [0.5, 0.6) is 11.5 Å². The monoisotopic (exact) mass is 458 g/mol. The van der Waals surface area contributed by atoms with E-state index in [4.69, 9.17) is 19.7 Å². The van der Waals surface area contributed by atoms with E-state index >= 15 is 0 Å². The summed E-state index contributed by atoms with van der Waals surface area (Å²) in [6.45, 7) is 3.02. The van der Waals surface area contributed by atoms with Crippen LogP contribution in [0.2, 0.25) is 0 Å². The van der Waals surface area contributed by atoms with Gasteiger partial charge in [0.15, 0.2) is 33.6 Å². The molecule has 3 heterocycles. The van der Waals surface area contributed by atoms with Crippen LogP contribution in [0.15, 0.2) is 28.5 Å². The Morgan fingerprint density at radius 2 is 1.97 bits per heavy atom. The molecule has 1 aliphatic rings. The highest BCUT2D eigenvalue weighted by Gasteiger charge is 2.20. The van der Waals surface area contributed by atoms with Gasteiger partial charge in [-0.3, -0.25) is 10.0 Å². The second-order valence-electron chi connectivity index (χ2n) is 7.46. The Bertz CT molecular complexity index is 1120. The van der Waals surface area contributed by atoms with E-state index in [0.29, 0.717) is 12.2 Å². The molecule has 0 fully saturated rings. The molecule has 0 aliphatic carbocycles. The zero-order chi connectivity index (χ0) is 22.5. The molecule has 3 aromatic rings. The minimum atomic E-state index is -0.348. The third-order valence-electron chi connectivity index (χ3n) is 5.27. The number of carbonyl (C=O) groups is 1. The number of imidazole rings is 1. The number of benzene rings is 1. The van der Waals surface area contributed by atoms with E-state index < -0.39 is 0 Å². The molecule has 2 aromatic heterocycles. The van der Waals surface area contributed by atoms with Gasteiger partial charge in [0.05, 0.1) is 0 Å². The topological polar surface area (TPSA) is 123 Å². The van der Waals surface area contributed by atoms with Crippen LogP contribution in [0.1, 0.15) is 37.7 Å². The molecule has 11 heteroatoms. The summed E-state index contributed by atoms with van der Waals surface area (Å²) in [4.78, 5) is 25.8. The average molecular weight is 459 g/mol. The summed E-state index contributed by atoms with van der Waals surface area (Å²) in [5.74, 6) is 1.84. The largest absolute Gasteiger partial charge is 0.454 e. The quantitative estimate of drug-likeness (QED) is 0.238. The number of carbonyl (C=O) groups excluding carboxylic acids is 1. The Morgan fingerprint density at radius 1 is 1.19 bits per heavy atom. The molecule has 0 atom stereocenters. The number of ether oxygens (including phenoxy) is 2. The fourth-order valence-corrected chi connectivity index (χ4v) is 4.58. The van der Waals surface area contributed by atoms with Gasteiger partial charge in [-0.15, -0.1) is 0 Å². The van der Waals surface area contributed by atoms with E-state index in [0.717, 1.165) is 70.5 Å². The van der Waals surface area contributed by atoms with Crippen LogP contribution >= 0.6 is 11.8 Å². The lowest BCUT2D eigenvalue weighted by atomic mass is 10.1. The molecule has 170 valence electrons. The molecule has 10 nitrogen and oxygen atoms in total. The van der Waals surface area contributed by atoms with Crippen LogP contribution in [0.3, 0.4) is 0 Å². The number of rotatable bonds is 10. The molecule has 0 saturated carbocycles. The number of fused-ring (bicyclic) bond motifs is 2. The highest BCUT2D eigenvalue weighted by molar-refractivity contribution is 7.99. The SMILES string of the molecule is CNc1ncnc2c1nc(Sc1cc3c(cc1C)OCO3)n2CCCCCCC(=O)NO. The molecule has 0 unspecified atom stereocenters. The molecule has 0 radical (unpaired) electrons. The van der Waals surface area contributed by atoms with Crippen molar-refractivity contribution in [2.24, 2.45) is 0 Å². The Balaban J connectivity index is 1.54. The van der Waals surface area contributed by atoms with Crippen LogP contribution in [0.4, 0.5) is 5.82 Å². The standard InChI is InChI=1S/C21H26N6O4S/c1-13-9-14-15(31-12-30-14)10-16(13)32-21-25-18-19(22-2)23-11-24-20(18)27(21)8-6-4-3-5-7-17(28)26-29/h9-11,29H,3-8,12H2,1-2H3,(H,26,28)(H,22,23,24). The van der Waals surface area contributed by atoms with E-state index in [2.05, 4.69) is 19.9 Å². The molecule has 1 aliphatic heterocycles. The van der Waals surface area contributed by atoms with Crippen LogP contribution in [0, 0.1) is 6.92 Å². The van der Waals surface area contributed by atoms with Gasteiger partial charge in [0, 0.05) is 24.9 Å². The van der Waals surface area contributed by atoms with Crippen LogP contribution in [-0.2, 0) is 11.3 Å². The number of anilines is 1. The summed E-state index contributed by atoms with van der Waals surface area (Å²) in [5, 5.41) is 12.5. The molecule has 1 aromatic carbocycles. The maximum atomic E-state index is 11.1. The Kier molecular flexibility index (Phi) is 6.96. The fraction of sp³-hybridized carbons (Fsp3) is 0.429. The summed E-state index contributed by atoms with van der Waals surface area (Å²) >= 11 is 1.57. The normalized spacial score (nSPS) is 12.3. The molecule has 3 N–H and O–H groups in total. The first-order chi connectivity index (χ1) is 15.6. The number of aromatic nitrogens is 4. The molecular weight excluding hydrogens is 432 g/mol. The second-order valence-corrected chi connectivity index (χ2v) is 8.47. The first-order valence-electron chi connectivity index (χ1n) is 10.5. The summed E-state index contributed by atoms with van der Waals surface area (Å²) in [6.07, 6.45) is 5.38. The maximum Gasteiger partial charge on any atom is 0.243 e. The number of nitrogens with one attached hydrogen (secondary N) is 2. The molecule has 4 rings (SSSR count). The fourth-order valence-electron chi connectivity index (χ4n) is 3.58. The smallest absolute Gasteiger partial charge is 0.243 e. The Labute approximate surface area is 189 Å². The summed E-state index contributed by atoms with van der Waals surface area (Å²) in [5.41, 5.74) is 4.27. The Hall–Kier alpha value is -3.05. The van der Waals surface area contributed by atoms with E-state index in [9.17, 15) is 4.79 Å². The van der Waals surface area contributed by atoms with Crippen molar-refractivity contribution < 1.29 is 19.5 Å². The van der Waals surface area contributed by atoms with Crippen molar-refractivity contribution in [2.45, 2.75) is 55.6 Å². The van der Waals surface area contributed by atoms with Crippen molar-refractivity contribution in [1.29, 1.82) is 0 Å². The van der Waals surface area contributed by atoms with Crippen molar-refractivity contribution in [1.82, 2.24) is 25.0 Å². The van der Waals surface area contributed by atoms with Gasteiger partial charge in [-0.1, -0.05) is 24.6 Å². The average Bonchev–Trinajstić information content (AvgIpc) is 3.39. The van der Waals surface area contributed by atoms with Gasteiger partial charge < -0.3 is 19.4 Å². The van der Waals surface area contributed by atoms with Gasteiger partial charge in [-0.2, -0.15) is 0 Å². The van der Waals surface area contributed by atoms with E-state index in [1.807, 2.05) is 26.1 Å². The predicted octanol–water partition coefficient (Wildman–Crippen LogP) is 3.51. The van der Waals surface area contributed by atoms with E-state index in [1.165, 1.54) is 0 Å². The van der Waals surface area contributed by atoms with Crippen molar-refractivity contribution >= 4 is 34.7 Å². The minimum Gasteiger partial charge on any atom is -0.454 e. The number of hydrogen-bond acceptors (Lipinski definition) is 9. The highest BCUT2D eigenvalue weighted by atomic mass is 32.2. The number of hydrogen-bond donors (Lipinski definition) is 3. The molecule has 32 heavy (non-hydrogen) atoms. The number of amides is 1. The molecule has 0 saturated heterocycles. The summed E-state index contributed by atoms with van der Waals surface area (Å²) in [6, 6.07) is 3.97. The summed E-state index contributed by atoms with van der Waals surface area (Å²) < 4.78 is 13.1. The van der Waals surface area contributed by atoms with Gasteiger partial charge in [0.2, 0.25) is 12.7 Å². The highest BCUT2D eigenvalue weighted by Crippen LogP contribution is 2.41. The third-order valence-corrected chi connectivity index (χ3v) is 6.42. The molecule has 0 bridgehead atoms. The minimum absolute atomic E-state index is 0.239. The number of nitrogens with zero attached hydrogens (tertiary/aromatic N) is 4. The number of aryl methyl sites for hydroxylation is 2. The lowest BCUT2D eigenvalue weighted by Gasteiger charge is -2.10. The van der Waals surface area contributed by atoms with Crippen molar-refractivity contribution in [3.63, 3.8) is 0 Å². The van der Waals surface area contributed by atoms with E-state index in [-0.39, 0.29) is 12.7 Å². The van der Waals surface area contributed by atoms with Gasteiger partial charge in [0.1, 0.15) is 6.33 Å². The zero-order valence-corrected chi connectivity index (χ0v) is 18.9. The first kappa shape index (κ1) is 22.2. The number of hydroxylamine groups is 1. The lowest BCUT2D eigenvalue weighted by Crippen LogP contribution is -2.17. The molecular formula is C21H26N6O4S. The lowest BCUT2D eigenvalue weighted by molar-refractivity contribution is -0.129. The maximum absolute atomic E-state index is 11.1. The van der Waals surface area contributed by atoms with Crippen molar-refractivity contribution in [2.75, 3.05) is 19.2 Å². The van der Waals surface area contributed by atoms with Crippen molar-refractivity contribution in [3.05, 3.63) is 24.0 Å². The molecule has 1 amide bonds.